The Hall–Kier alpha value is -2.30. The van der Waals surface area contributed by atoms with Crippen LogP contribution in [0.1, 0.15) is 16.7 Å². The molecular weight excluding hydrogens is 218 g/mol. The van der Waals surface area contributed by atoms with Crippen LogP contribution < -0.4 is 11.3 Å². The van der Waals surface area contributed by atoms with Crippen molar-refractivity contribution < 1.29 is 5.21 Å². The number of fused-ring (bicyclic) bond motifs is 1. The number of H-pyrrole nitrogens is 1. The van der Waals surface area contributed by atoms with Crippen LogP contribution in [0, 0.1) is 13.8 Å². The van der Waals surface area contributed by atoms with Crippen LogP contribution in [0.3, 0.4) is 0 Å². The average Bonchev–Trinajstić information content (AvgIpc) is 2.30. The van der Waals surface area contributed by atoms with Crippen molar-refractivity contribution in [2.24, 2.45) is 10.9 Å². The molecule has 4 N–H and O–H groups in total. The van der Waals surface area contributed by atoms with E-state index in [0.29, 0.717) is 0 Å². The van der Waals surface area contributed by atoms with Crippen molar-refractivity contribution in [3.63, 3.8) is 0 Å². The largest absolute Gasteiger partial charge is 0.409 e. The fourth-order valence-electron chi connectivity index (χ4n) is 1.72. The highest BCUT2D eigenvalue weighted by Crippen LogP contribution is 2.17. The van der Waals surface area contributed by atoms with Crippen LogP contribution >= 0.6 is 0 Å². The molecular formula is C12H13N3O2. The zero-order valence-electron chi connectivity index (χ0n) is 9.61. The van der Waals surface area contributed by atoms with E-state index in [-0.39, 0.29) is 17.0 Å². The van der Waals surface area contributed by atoms with Crippen molar-refractivity contribution in [1.29, 1.82) is 0 Å². The molecule has 0 unspecified atom stereocenters. The molecule has 0 amide bonds. The number of rotatable bonds is 1. The number of aromatic nitrogens is 1. The standard InChI is InChI=1S/C12H13N3O2/c1-6-3-8-5-9(11(13)15-17)12(16)14-10(8)4-7(6)2/h3-5,17H,1-2H3,(H2,13,15)(H,14,16). The second-order valence-electron chi connectivity index (χ2n) is 4.02. The minimum Gasteiger partial charge on any atom is -0.409 e. The Labute approximate surface area is 97.6 Å². The molecule has 0 atom stereocenters. The smallest absolute Gasteiger partial charge is 0.259 e. The van der Waals surface area contributed by atoms with E-state index in [4.69, 9.17) is 10.9 Å². The number of nitrogens with one attached hydrogen (secondary N) is 1. The van der Waals surface area contributed by atoms with Gasteiger partial charge in [-0.3, -0.25) is 4.79 Å². The number of aromatic amines is 1. The van der Waals surface area contributed by atoms with Crippen molar-refractivity contribution in [2.75, 3.05) is 0 Å². The zero-order valence-corrected chi connectivity index (χ0v) is 9.61. The number of aryl methyl sites for hydroxylation is 2. The molecule has 0 fully saturated rings. The maximum atomic E-state index is 11.7. The van der Waals surface area contributed by atoms with E-state index < -0.39 is 0 Å². The number of hydrogen-bond acceptors (Lipinski definition) is 3. The molecule has 0 saturated heterocycles. The highest BCUT2D eigenvalue weighted by atomic mass is 16.4. The summed E-state index contributed by atoms with van der Waals surface area (Å²) in [6, 6.07) is 5.48. The Morgan fingerprint density at radius 3 is 2.59 bits per heavy atom. The maximum absolute atomic E-state index is 11.7. The quantitative estimate of drug-likeness (QED) is 0.298. The topological polar surface area (TPSA) is 91.5 Å². The summed E-state index contributed by atoms with van der Waals surface area (Å²) >= 11 is 0. The van der Waals surface area contributed by atoms with Crippen LogP contribution in [-0.4, -0.2) is 16.0 Å². The van der Waals surface area contributed by atoms with Gasteiger partial charge in [-0.25, -0.2) is 0 Å². The van der Waals surface area contributed by atoms with Crippen molar-refractivity contribution in [3.05, 3.63) is 45.2 Å². The molecule has 2 aromatic rings. The highest BCUT2D eigenvalue weighted by molar-refractivity contribution is 5.99. The molecule has 1 aromatic heterocycles. The molecule has 0 aliphatic carbocycles. The summed E-state index contributed by atoms with van der Waals surface area (Å²) in [5.74, 6) is -0.189. The van der Waals surface area contributed by atoms with Gasteiger partial charge in [0.05, 0.1) is 5.56 Å². The summed E-state index contributed by atoms with van der Waals surface area (Å²) < 4.78 is 0. The molecule has 5 nitrogen and oxygen atoms in total. The van der Waals surface area contributed by atoms with Crippen LogP contribution in [0.15, 0.2) is 28.1 Å². The molecule has 1 aromatic carbocycles. The number of nitrogens with zero attached hydrogens (tertiary/aromatic N) is 1. The minimum atomic E-state index is -0.365. The third-order valence-electron chi connectivity index (χ3n) is 2.84. The number of benzene rings is 1. The van der Waals surface area contributed by atoms with Crippen molar-refractivity contribution in [3.8, 4) is 0 Å². The van der Waals surface area contributed by atoms with E-state index in [1.165, 1.54) is 0 Å². The van der Waals surface area contributed by atoms with Gasteiger partial charge in [-0.05, 0) is 48.6 Å². The van der Waals surface area contributed by atoms with Gasteiger partial charge in [0.2, 0.25) is 0 Å². The Balaban J connectivity index is 2.81. The third kappa shape index (κ3) is 1.87. The number of nitrogens with two attached hydrogens (primary N) is 1. The van der Waals surface area contributed by atoms with Gasteiger partial charge in [0.1, 0.15) is 0 Å². The number of pyridine rings is 1. The lowest BCUT2D eigenvalue weighted by atomic mass is 10.0. The van der Waals surface area contributed by atoms with Crippen molar-refractivity contribution in [2.45, 2.75) is 13.8 Å². The summed E-state index contributed by atoms with van der Waals surface area (Å²) in [6.45, 7) is 3.97. The molecule has 0 saturated carbocycles. The summed E-state index contributed by atoms with van der Waals surface area (Å²) in [5.41, 5.74) is 8.20. The molecule has 1 heterocycles. The monoisotopic (exact) mass is 231 g/mol. The van der Waals surface area contributed by atoms with Gasteiger partial charge in [0.25, 0.3) is 5.56 Å². The average molecular weight is 231 g/mol. The van der Waals surface area contributed by atoms with E-state index in [0.717, 1.165) is 22.0 Å². The Morgan fingerprint density at radius 1 is 1.29 bits per heavy atom. The van der Waals surface area contributed by atoms with Gasteiger partial charge in [0, 0.05) is 5.52 Å². The van der Waals surface area contributed by atoms with Crippen LogP contribution in [0.25, 0.3) is 10.9 Å². The number of oxime groups is 1. The van der Waals surface area contributed by atoms with Crippen LogP contribution in [0.5, 0.6) is 0 Å². The van der Waals surface area contributed by atoms with Crippen LogP contribution in [0.4, 0.5) is 0 Å². The van der Waals surface area contributed by atoms with Crippen molar-refractivity contribution >= 4 is 16.7 Å². The Morgan fingerprint density at radius 2 is 1.94 bits per heavy atom. The molecule has 17 heavy (non-hydrogen) atoms. The molecule has 2 rings (SSSR count). The lowest BCUT2D eigenvalue weighted by Crippen LogP contribution is -2.24. The Bertz CT molecular complexity index is 671. The lowest BCUT2D eigenvalue weighted by Gasteiger charge is -2.05. The van der Waals surface area contributed by atoms with Gasteiger partial charge >= 0.3 is 0 Å². The molecule has 0 bridgehead atoms. The number of hydrogen-bond donors (Lipinski definition) is 3. The first-order valence-electron chi connectivity index (χ1n) is 5.15. The van der Waals surface area contributed by atoms with Gasteiger partial charge in [-0.1, -0.05) is 5.16 Å². The fraction of sp³-hybridized carbons (Fsp3) is 0.167. The predicted octanol–water partition coefficient (Wildman–Crippen LogP) is 1.24. The van der Waals surface area contributed by atoms with E-state index in [9.17, 15) is 4.79 Å². The summed E-state index contributed by atoms with van der Waals surface area (Å²) in [4.78, 5) is 14.4. The summed E-state index contributed by atoms with van der Waals surface area (Å²) in [7, 11) is 0. The van der Waals surface area contributed by atoms with Gasteiger partial charge in [0.15, 0.2) is 5.84 Å². The third-order valence-corrected chi connectivity index (χ3v) is 2.84. The van der Waals surface area contributed by atoms with Crippen molar-refractivity contribution in [1.82, 2.24) is 4.98 Å². The molecule has 88 valence electrons. The predicted molar refractivity (Wildman–Crippen MR) is 66.6 cm³/mol. The van der Waals surface area contributed by atoms with Gasteiger partial charge < -0.3 is 15.9 Å². The minimum absolute atomic E-state index is 0.170. The highest BCUT2D eigenvalue weighted by Gasteiger charge is 2.08. The molecule has 0 aliphatic heterocycles. The Kier molecular flexibility index (Phi) is 2.59. The molecule has 0 radical (unpaired) electrons. The SMILES string of the molecule is Cc1cc2cc(/C(N)=N\O)c(=O)[nH]c2cc1C. The van der Waals surface area contributed by atoms with E-state index in [2.05, 4.69) is 10.1 Å². The lowest BCUT2D eigenvalue weighted by molar-refractivity contribution is 0.318. The first kappa shape index (κ1) is 11.2. The molecule has 0 aliphatic rings. The van der Waals surface area contributed by atoms with E-state index in [1.54, 1.807) is 6.07 Å². The summed E-state index contributed by atoms with van der Waals surface area (Å²) in [6.07, 6.45) is 0. The van der Waals surface area contributed by atoms with Crippen LogP contribution in [-0.2, 0) is 0 Å². The molecule has 0 spiro atoms. The first-order valence-corrected chi connectivity index (χ1v) is 5.15. The second kappa shape index (κ2) is 3.93. The second-order valence-corrected chi connectivity index (χ2v) is 4.02. The normalized spacial score (nSPS) is 12.0. The van der Waals surface area contributed by atoms with E-state index >= 15 is 0 Å². The van der Waals surface area contributed by atoms with Gasteiger partial charge in [-0.15, -0.1) is 0 Å². The van der Waals surface area contributed by atoms with Gasteiger partial charge in [-0.2, -0.15) is 0 Å². The summed E-state index contributed by atoms with van der Waals surface area (Å²) in [5, 5.41) is 12.3. The maximum Gasteiger partial charge on any atom is 0.259 e. The zero-order chi connectivity index (χ0) is 12.6. The molecule has 5 heteroatoms. The van der Waals surface area contributed by atoms with E-state index in [1.807, 2.05) is 26.0 Å². The first-order chi connectivity index (χ1) is 8.02. The number of amidine groups is 1. The van der Waals surface area contributed by atoms with Crippen LogP contribution in [0.2, 0.25) is 0 Å². The fourth-order valence-corrected chi connectivity index (χ4v) is 1.72.